The standard InChI is InChI=1S/C13H15N3O2/c1-4-11(17)15-10-7-14-12-8(2)5-6-9(18-3)13(12)16-10/h5-7H,4H2,1-3H3,(H,15,16,17). The Kier molecular flexibility index (Phi) is 3.41. The van der Waals surface area contributed by atoms with Crippen LogP contribution in [0, 0.1) is 6.92 Å². The average Bonchev–Trinajstić information content (AvgIpc) is 2.39. The van der Waals surface area contributed by atoms with Gasteiger partial charge in [-0.1, -0.05) is 13.0 Å². The lowest BCUT2D eigenvalue weighted by Crippen LogP contribution is -2.11. The molecule has 0 bridgehead atoms. The maximum atomic E-state index is 11.3. The van der Waals surface area contributed by atoms with Crippen LogP contribution in [0.1, 0.15) is 18.9 Å². The summed E-state index contributed by atoms with van der Waals surface area (Å²) in [6.45, 7) is 3.75. The van der Waals surface area contributed by atoms with Crippen molar-refractivity contribution in [3.05, 3.63) is 23.9 Å². The number of nitrogens with zero attached hydrogens (tertiary/aromatic N) is 2. The Morgan fingerprint density at radius 1 is 1.39 bits per heavy atom. The third-order valence-electron chi connectivity index (χ3n) is 2.67. The number of amides is 1. The first-order chi connectivity index (χ1) is 8.65. The lowest BCUT2D eigenvalue weighted by molar-refractivity contribution is -0.115. The molecule has 0 atom stereocenters. The fraction of sp³-hybridized carbons (Fsp3) is 0.308. The molecule has 18 heavy (non-hydrogen) atoms. The molecule has 1 amide bonds. The van der Waals surface area contributed by atoms with Gasteiger partial charge in [0, 0.05) is 6.42 Å². The number of aryl methyl sites for hydroxylation is 1. The van der Waals surface area contributed by atoms with E-state index >= 15 is 0 Å². The minimum atomic E-state index is -0.0877. The molecule has 5 nitrogen and oxygen atoms in total. The van der Waals surface area contributed by atoms with E-state index in [1.165, 1.54) is 0 Å². The Labute approximate surface area is 105 Å². The van der Waals surface area contributed by atoms with Gasteiger partial charge in [-0.05, 0) is 18.6 Å². The highest BCUT2D eigenvalue weighted by atomic mass is 16.5. The monoisotopic (exact) mass is 245 g/mol. The van der Waals surface area contributed by atoms with Crippen molar-refractivity contribution in [3.63, 3.8) is 0 Å². The Balaban J connectivity index is 2.52. The van der Waals surface area contributed by atoms with E-state index in [2.05, 4.69) is 15.3 Å². The molecule has 0 saturated heterocycles. The minimum Gasteiger partial charge on any atom is -0.494 e. The molecule has 0 aliphatic rings. The van der Waals surface area contributed by atoms with E-state index < -0.39 is 0 Å². The SMILES string of the molecule is CCC(=O)Nc1cnc2c(C)ccc(OC)c2n1. The van der Waals surface area contributed by atoms with Crippen molar-refractivity contribution in [1.82, 2.24) is 9.97 Å². The fourth-order valence-electron chi connectivity index (χ4n) is 1.66. The molecule has 2 rings (SSSR count). The van der Waals surface area contributed by atoms with Crippen molar-refractivity contribution in [3.8, 4) is 5.75 Å². The number of fused-ring (bicyclic) bond motifs is 1. The largest absolute Gasteiger partial charge is 0.494 e. The van der Waals surface area contributed by atoms with Gasteiger partial charge < -0.3 is 10.1 Å². The van der Waals surface area contributed by atoms with Gasteiger partial charge in [-0.2, -0.15) is 0 Å². The number of methoxy groups -OCH3 is 1. The van der Waals surface area contributed by atoms with Gasteiger partial charge in [-0.15, -0.1) is 0 Å². The molecule has 5 heteroatoms. The first kappa shape index (κ1) is 12.3. The number of benzene rings is 1. The number of carbonyl (C=O) groups is 1. The van der Waals surface area contributed by atoms with Crippen LogP contribution in [0.3, 0.4) is 0 Å². The van der Waals surface area contributed by atoms with Gasteiger partial charge in [0.1, 0.15) is 11.3 Å². The highest BCUT2D eigenvalue weighted by Crippen LogP contribution is 2.25. The quantitative estimate of drug-likeness (QED) is 0.901. The summed E-state index contributed by atoms with van der Waals surface area (Å²) in [5.41, 5.74) is 2.46. The van der Waals surface area contributed by atoms with Crippen LogP contribution in [0.4, 0.5) is 5.82 Å². The Bertz CT molecular complexity index is 596. The molecule has 0 fully saturated rings. The number of hydrogen-bond acceptors (Lipinski definition) is 4. The predicted molar refractivity (Wildman–Crippen MR) is 69.7 cm³/mol. The number of aromatic nitrogens is 2. The van der Waals surface area contributed by atoms with Crippen molar-refractivity contribution < 1.29 is 9.53 Å². The summed E-state index contributed by atoms with van der Waals surface area (Å²) in [5, 5.41) is 2.69. The summed E-state index contributed by atoms with van der Waals surface area (Å²) < 4.78 is 5.25. The number of ether oxygens (including phenoxy) is 1. The van der Waals surface area contributed by atoms with Crippen LogP contribution in [-0.4, -0.2) is 23.0 Å². The van der Waals surface area contributed by atoms with Crippen LogP contribution in [0.2, 0.25) is 0 Å². The summed E-state index contributed by atoms with van der Waals surface area (Å²) in [6.07, 6.45) is 1.97. The van der Waals surface area contributed by atoms with Crippen molar-refractivity contribution in [2.75, 3.05) is 12.4 Å². The summed E-state index contributed by atoms with van der Waals surface area (Å²) >= 11 is 0. The number of anilines is 1. The summed E-state index contributed by atoms with van der Waals surface area (Å²) in [4.78, 5) is 20.0. The summed E-state index contributed by atoms with van der Waals surface area (Å²) in [7, 11) is 1.59. The topological polar surface area (TPSA) is 64.1 Å². The van der Waals surface area contributed by atoms with Gasteiger partial charge in [0.2, 0.25) is 5.91 Å². The number of hydrogen-bond donors (Lipinski definition) is 1. The zero-order valence-corrected chi connectivity index (χ0v) is 10.7. The molecule has 0 saturated carbocycles. The second kappa shape index (κ2) is 5.00. The van der Waals surface area contributed by atoms with Crippen molar-refractivity contribution in [2.45, 2.75) is 20.3 Å². The van der Waals surface area contributed by atoms with Gasteiger partial charge in [0.05, 0.1) is 18.8 Å². The molecule has 0 aliphatic carbocycles. The van der Waals surface area contributed by atoms with Gasteiger partial charge in [0.25, 0.3) is 0 Å². The molecular formula is C13H15N3O2. The zero-order chi connectivity index (χ0) is 13.1. The van der Waals surface area contributed by atoms with Crippen molar-refractivity contribution in [1.29, 1.82) is 0 Å². The van der Waals surface area contributed by atoms with E-state index in [4.69, 9.17) is 4.74 Å². The molecule has 2 aromatic rings. The molecule has 1 aromatic heterocycles. The second-order valence-corrected chi connectivity index (χ2v) is 3.94. The summed E-state index contributed by atoms with van der Waals surface area (Å²) in [5.74, 6) is 1.00. The molecule has 94 valence electrons. The Morgan fingerprint density at radius 2 is 2.17 bits per heavy atom. The minimum absolute atomic E-state index is 0.0877. The molecule has 0 aliphatic heterocycles. The highest BCUT2D eigenvalue weighted by Gasteiger charge is 2.09. The Morgan fingerprint density at radius 3 is 2.83 bits per heavy atom. The van der Waals surface area contributed by atoms with E-state index in [1.807, 2.05) is 19.1 Å². The third-order valence-corrected chi connectivity index (χ3v) is 2.67. The number of carbonyl (C=O) groups excluding carboxylic acids is 1. The molecule has 1 aromatic carbocycles. The average molecular weight is 245 g/mol. The van der Waals surface area contributed by atoms with E-state index in [1.54, 1.807) is 20.2 Å². The van der Waals surface area contributed by atoms with E-state index in [9.17, 15) is 4.79 Å². The van der Waals surface area contributed by atoms with Gasteiger partial charge in [0.15, 0.2) is 5.82 Å². The normalized spacial score (nSPS) is 10.4. The van der Waals surface area contributed by atoms with E-state index in [0.29, 0.717) is 23.5 Å². The molecule has 0 unspecified atom stereocenters. The zero-order valence-electron chi connectivity index (χ0n) is 10.7. The predicted octanol–water partition coefficient (Wildman–Crippen LogP) is 2.30. The van der Waals surface area contributed by atoms with Crippen LogP contribution in [0.15, 0.2) is 18.3 Å². The molecule has 0 spiro atoms. The number of rotatable bonds is 3. The smallest absolute Gasteiger partial charge is 0.225 e. The first-order valence-corrected chi connectivity index (χ1v) is 5.76. The first-order valence-electron chi connectivity index (χ1n) is 5.76. The van der Waals surface area contributed by atoms with E-state index in [0.717, 1.165) is 11.1 Å². The summed E-state index contributed by atoms with van der Waals surface area (Å²) in [6, 6.07) is 3.78. The van der Waals surface area contributed by atoms with Gasteiger partial charge in [-0.25, -0.2) is 4.98 Å². The lowest BCUT2D eigenvalue weighted by Gasteiger charge is -2.08. The molecule has 1 N–H and O–H groups in total. The molecular weight excluding hydrogens is 230 g/mol. The van der Waals surface area contributed by atoms with Gasteiger partial charge in [-0.3, -0.25) is 9.78 Å². The lowest BCUT2D eigenvalue weighted by atomic mass is 10.2. The van der Waals surface area contributed by atoms with Crippen molar-refractivity contribution >= 4 is 22.8 Å². The fourth-order valence-corrected chi connectivity index (χ4v) is 1.66. The van der Waals surface area contributed by atoms with Crippen LogP contribution in [0.25, 0.3) is 11.0 Å². The molecule has 0 radical (unpaired) electrons. The molecule has 1 heterocycles. The van der Waals surface area contributed by atoms with Crippen LogP contribution < -0.4 is 10.1 Å². The second-order valence-electron chi connectivity index (χ2n) is 3.94. The third kappa shape index (κ3) is 2.25. The van der Waals surface area contributed by atoms with Crippen LogP contribution >= 0.6 is 0 Å². The van der Waals surface area contributed by atoms with E-state index in [-0.39, 0.29) is 5.91 Å². The number of nitrogens with one attached hydrogen (secondary N) is 1. The Hall–Kier alpha value is -2.17. The van der Waals surface area contributed by atoms with Gasteiger partial charge >= 0.3 is 0 Å². The van der Waals surface area contributed by atoms with Crippen LogP contribution in [-0.2, 0) is 4.79 Å². The van der Waals surface area contributed by atoms with Crippen molar-refractivity contribution in [2.24, 2.45) is 0 Å². The highest BCUT2D eigenvalue weighted by molar-refractivity contribution is 5.91. The van der Waals surface area contributed by atoms with Crippen LogP contribution in [0.5, 0.6) is 5.75 Å². The maximum Gasteiger partial charge on any atom is 0.225 e. The maximum absolute atomic E-state index is 11.3.